The fourth-order valence-corrected chi connectivity index (χ4v) is 4.81. The Morgan fingerprint density at radius 2 is 2.09 bits per heavy atom. The van der Waals surface area contributed by atoms with E-state index in [2.05, 4.69) is 21.8 Å². The van der Waals surface area contributed by atoms with Gasteiger partial charge in [0.2, 0.25) is 10.0 Å². The van der Waals surface area contributed by atoms with Gasteiger partial charge in [0, 0.05) is 37.9 Å². The fraction of sp³-hybridized carbons (Fsp3) is 0.733. The van der Waals surface area contributed by atoms with Crippen LogP contribution in [-0.4, -0.2) is 54.1 Å². The van der Waals surface area contributed by atoms with Crippen LogP contribution < -0.4 is 4.90 Å². The van der Waals surface area contributed by atoms with Gasteiger partial charge in [0.15, 0.2) is 0 Å². The third-order valence-electron chi connectivity index (χ3n) is 4.65. The van der Waals surface area contributed by atoms with Crippen LogP contribution in [0.1, 0.15) is 38.3 Å². The first-order valence-electron chi connectivity index (χ1n) is 8.05. The molecule has 0 spiro atoms. The zero-order valence-corrected chi connectivity index (χ0v) is 14.1. The highest BCUT2D eigenvalue weighted by molar-refractivity contribution is 7.90. The minimum atomic E-state index is -3.11. The maximum atomic E-state index is 12.4. The SMILES string of the molecule is CCc1cc(N2CCCC(N(C)S(=O)(=O)C3CC3)C2)ncn1. The van der Waals surface area contributed by atoms with E-state index in [4.69, 9.17) is 0 Å². The Labute approximate surface area is 132 Å². The van der Waals surface area contributed by atoms with Crippen molar-refractivity contribution >= 4 is 15.8 Å². The van der Waals surface area contributed by atoms with Gasteiger partial charge in [-0.2, -0.15) is 4.31 Å². The van der Waals surface area contributed by atoms with E-state index in [1.54, 1.807) is 17.7 Å². The largest absolute Gasteiger partial charge is 0.355 e. The van der Waals surface area contributed by atoms with Gasteiger partial charge in [0.05, 0.1) is 5.25 Å². The number of anilines is 1. The summed E-state index contributed by atoms with van der Waals surface area (Å²) in [5, 5.41) is -0.140. The van der Waals surface area contributed by atoms with Crippen LogP contribution in [0.3, 0.4) is 0 Å². The van der Waals surface area contributed by atoms with Gasteiger partial charge in [-0.25, -0.2) is 18.4 Å². The molecule has 0 radical (unpaired) electrons. The summed E-state index contributed by atoms with van der Waals surface area (Å²) < 4.78 is 26.4. The van der Waals surface area contributed by atoms with Crippen LogP contribution in [0.15, 0.2) is 12.4 Å². The molecule has 1 unspecified atom stereocenters. The summed E-state index contributed by atoms with van der Waals surface area (Å²) in [4.78, 5) is 10.8. The predicted molar refractivity (Wildman–Crippen MR) is 86.3 cm³/mol. The number of hydrogen-bond donors (Lipinski definition) is 0. The van der Waals surface area contributed by atoms with Gasteiger partial charge in [-0.05, 0) is 32.1 Å². The van der Waals surface area contributed by atoms with Crippen molar-refractivity contribution in [2.75, 3.05) is 25.0 Å². The molecule has 0 aromatic carbocycles. The molecule has 6 nitrogen and oxygen atoms in total. The smallest absolute Gasteiger partial charge is 0.217 e. The first-order chi connectivity index (χ1) is 10.5. The van der Waals surface area contributed by atoms with E-state index < -0.39 is 10.0 Å². The van der Waals surface area contributed by atoms with Crippen LogP contribution in [-0.2, 0) is 16.4 Å². The van der Waals surface area contributed by atoms with E-state index in [1.165, 1.54) is 0 Å². The molecular weight excluding hydrogens is 300 g/mol. The zero-order valence-electron chi connectivity index (χ0n) is 13.3. The molecule has 1 saturated carbocycles. The molecule has 0 amide bonds. The second kappa shape index (κ2) is 6.12. The summed E-state index contributed by atoms with van der Waals surface area (Å²) >= 11 is 0. The third kappa shape index (κ3) is 3.10. The molecular formula is C15H24N4O2S. The molecule has 3 rings (SSSR count). The number of likely N-dealkylation sites (N-methyl/N-ethyl adjacent to an activating group) is 1. The number of aryl methyl sites for hydroxylation is 1. The first-order valence-corrected chi connectivity index (χ1v) is 9.55. The number of sulfonamides is 1. The van der Waals surface area contributed by atoms with E-state index in [0.717, 1.165) is 50.2 Å². The summed E-state index contributed by atoms with van der Waals surface area (Å²) in [6.07, 6.45) is 6.01. The Balaban J connectivity index is 1.73. The lowest BCUT2D eigenvalue weighted by molar-refractivity contribution is 0.319. The second-order valence-electron chi connectivity index (χ2n) is 6.22. The summed E-state index contributed by atoms with van der Waals surface area (Å²) in [6, 6.07) is 2.05. The zero-order chi connectivity index (χ0) is 15.7. The average Bonchev–Trinajstić information content (AvgIpc) is 3.39. The molecule has 1 aromatic rings. The van der Waals surface area contributed by atoms with Crippen LogP contribution in [0.4, 0.5) is 5.82 Å². The highest BCUT2D eigenvalue weighted by Crippen LogP contribution is 2.32. The van der Waals surface area contributed by atoms with E-state index in [-0.39, 0.29) is 11.3 Å². The molecule has 1 aliphatic heterocycles. The molecule has 2 aliphatic rings. The number of nitrogens with zero attached hydrogens (tertiary/aromatic N) is 4. The minimum absolute atomic E-state index is 0.0411. The molecule has 0 bridgehead atoms. The Morgan fingerprint density at radius 1 is 1.32 bits per heavy atom. The van der Waals surface area contributed by atoms with E-state index in [9.17, 15) is 8.42 Å². The van der Waals surface area contributed by atoms with Crippen molar-refractivity contribution in [2.24, 2.45) is 0 Å². The summed E-state index contributed by atoms with van der Waals surface area (Å²) in [6.45, 7) is 3.71. The monoisotopic (exact) mass is 324 g/mol. The molecule has 2 heterocycles. The minimum Gasteiger partial charge on any atom is -0.355 e. The van der Waals surface area contributed by atoms with Gasteiger partial charge in [-0.15, -0.1) is 0 Å². The molecule has 1 aliphatic carbocycles. The summed E-state index contributed by atoms with van der Waals surface area (Å²) in [5.74, 6) is 0.911. The highest BCUT2D eigenvalue weighted by Gasteiger charge is 2.41. The Kier molecular flexibility index (Phi) is 4.36. The quantitative estimate of drug-likeness (QED) is 0.820. The molecule has 1 atom stereocenters. The molecule has 2 fully saturated rings. The van der Waals surface area contributed by atoms with Gasteiger partial charge in [0.25, 0.3) is 0 Å². The normalized spacial score (nSPS) is 23.0. The van der Waals surface area contributed by atoms with E-state index in [0.29, 0.717) is 6.54 Å². The Hall–Kier alpha value is -1.21. The number of hydrogen-bond acceptors (Lipinski definition) is 5. The highest BCUT2D eigenvalue weighted by atomic mass is 32.2. The van der Waals surface area contributed by atoms with E-state index in [1.807, 2.05) is 6.07 Å². The summed E-state index contributed by atoms with van der Waals surface area (Å²) in [5.41, 5.74) is 1.02. The van der Waals surface area contributed by atoms with Gasteiger partial charge in [0.1, 0.15) is 12.1 Å². The topological polar surface area (TPSA) is 66.4 Å². The second-order valence-corrected chi connectivity index (χ2v) is 8.50. The molecule has 0 N–H and O–H groups in total. The van der Waals surface area contributed by atoms with Crippen molar-refractivity contribution in [1.29, 1.82) is 0 Å². The molecule has 1 saturated heterocycles. The van der Waals surface area contributed by atoms with Crippen LogP contribution in [0.2, 0.25) is 0 Å². The Bertz CT molecular complexity index is 630. The third-order valence-corrected chi connectivity index (χ3v) is 7.07. The van der Waals surface area contributed by atoms with Crippen LogP contribution >= 0.6 is 0 Å². The maximum absolute atomic E-state index is 12.4. The predicted octanol–water partition coefficient (Wildman–Crippen LogP) is 1.43. The molecule has 1 aromatic heterocycles. The summed E-state index contributed by atoms with van der Waals surface area (Å²) in [7, 11) is -1.37. The molecule has 22 heavy (non-hydrogen) atoms. The lowest BCUT2D eigenvalue weighted by Gasteiger charge is -2.37. The Morgan fingerprint density at radius 3 is 2.77 bits per heavy atom. The lowest BCUT2D eigenvalue weighted by Crippen LogP contribution is -2.49. The van der Waals surface area contributed by atoms with Gasteiger partial charge < -0.3 is 4.90 Å². The van der Waals surface area contributed by atoms with Crippen molar-refractivity contribution in [3.8, 4) is 0 Å². The van der Waals surface area contributed by atoms with Crippen molar-refractivity contribution < 1.29 is 8.42 Å². The fourth-order valence-electron chi connectivity index (χ4n) is 3.02. The van der Waals surface area contributed by atoms with Crippen molar-refractivity contribution in [2.45, 2.75) is 50.3 Å². The van der Waals surface area contributed by atoms with Crippen molar-refractivity contribution in [1.82, 2.24) is 14.3 Å². The number of aromatic nitrogens is 2. The van der Waals surface area contributed by atoms with Crippen LogP contribution in [0, 0.1) is 0 Å². The molecule has 7 heteroatoms. The van der Waals surface area contributed by atoms with E-state index >= 15 is 0 Å². The van der Waals surface area contributed by atoms with Crippen LogP contribution in [0.25, 0.3) is 0 Å². The molecule has 122 valence electrons. The van der Waals surface area contributed by atoms with Gasteiger partial charge in [-0.1, -0.05) is 6.92 Å². The lowest BCUT2D eigenvalue weighted by atomic mass is 10.1. The first kappa shape index (κ1) is 15.7. The van der Waals surface area contributed by atoms with Gasteiger partial charge >= 0.3 is 0 Å². The number of rotatable bonds is 5. The van der Waals surface area contributed by atoms with Crippen molar-refractivity contribution in [3.05, 3.63) is 18.1 Å². The van der Waals surface area contributed by atoms with Crippen molar-refractivity contribution in [3.63, 3.8) is 0 Å². The standard InChI is InChI=1S/C15H24N4O2S/c1-3-12-9-15(17-11-16-12)19-8-4-5-13(10-19)18(2)22(20,21)14-6-7-14/h9,11,13-14H,3-8,10H2,1-2H3. The number of piperidine rings is 1. The van der Waals surface area contributed by atoms with Gasteiger partial charge in [-0.3, -0.25) is 0 Å². The maximum Gasteiger partial charge on any atom is 0.217 e. The average molecular weight is 324 g/mol. The van der Waals surface area contributed by atoms with Crippen LogP contribution in [0.5, 0.6) is 0 Å².